The maximum absolute atomic E-state index is 11.9. The van der Waals surface area contributed by atoms with Gasteiger partial charge in [-0.3, -0.25) is 9.79 Å². The Kier molecular flexibility index (Phi) is 8.02. The second-order valence-corrected chi connectivity index (χ2v) is 5.77. The Balaban J connectivity index is 1.68. The van der Waals surface area contributed by atoms with Crippen LogP contribution in [0.25, 0.3) is 0 Å². The van der Waals surface area contributed by atoms with E-state index in [1.54, 1.807) is 32.6 Å². The van der Waals surface area contributed by atoms with Crippen LogP contribution in [0.2, 0.25) is 0 Å². The van der Waals surface area contributed by atoms with Crippen LogP contribution in [0.3, 0.4) is 0 Å². The monoisotopic (exact) mass is 374 g/mol. The maximum Gasteiger partial charge on any atom is 0.239 e. The van der Waals surface area contributed by atoms with Crippen molar-refractivity contribution >= 4 is 11.9 Å². The number of hydrogen-bond donors (Lipinski definition) is 3. The van der Waals surface area contributed by atoms with Crippen LogP contribution < -0.4 is 25.4 Å². The van der Waals surface area contributed by atoms with E-state index in [1.165, 1.54) is 0 Å². The molecule has 1 amide bonds. The number of amides is 1. The Morgan fingerprint density at radius 2 is 2.00 bits per heavy atom. The standard InChI is InChI=1S/C19H26N4O4/c1-14(27-16-7-4-6-15(10-16)25-3)11-22-19(20-2)23-13-18(24)21-12-17-8-5-9-26-17/h4-10,14H,11-13H2,1-3H3,(H,21,24)(H2,20,22,23). The first kappa shape index (κ1) is 20.2. The van der Waals surface area contributed by atoms with Gasteiger partial charge in [0, 0.05) is 13.1 Å². The predicted molar refractivity (Wildman–Crippen MR) is 103 cm³/mol. The van der Waals surface area contributed by atoms with E-state index in [9.17, 15) is 4.79 Å². The number of hydrogen-bond acceptors (Lipinski definition) is 5. The highest BCUT2D eigenvalue weighted by Crippen LogP contribution is 2.19. The van der Waals surface area contributed by atoms with Gasteiger partial charge < -0.3 is 29.8 Å². The van der Waals surface area contributed by atoms with Gasteiger partial charge in [-0.25, -0.2) is 0 Å². The zero-order valence-corrected chi connectivity index (χ0v) is 15.8. The Morgan fingerprint density at radius 1 is 1.19 bits per heavy atom. The van der Waals surface area contributed by atoms with Crippen molar-refractivity contribution in [3.8, 4) is 11.5 Å². The molecule has 8 heteroatoms. The SMILES string of the molecule is CN=C(NCC(=O)NCc1ccco1)NCC(C)Oc1cccc(OC)c1. The molecule has 27 heavy (non-hydrogen) atoms. The lowest BCUT2D eigenvalue weighted by atomic mass is 10.3. The van der Waals surface area contributed by atoms with Crippen LogP contribution in [-0.2, 0) is 11.3 Å². The van der Waals surface area contributed by atoms with Gasteiger partial charge >= 0.3 is 0 Å². The summed E-state index contributed by atoms with van der Waals surface area (Å²) in [6.45, 7) is 2.91. The van der Waals surface area contributed by atoms with Crippen molar-refractivity contribution in [2.45, 2.75) is 19.6 Å². The zero-order valence-electron chi connectivity index (χ0n) is 15.8. The van der Waals surface area contributed by atoms with E-state index < -0.39 is 0 Å². The number of aliphatic imine (C=N–C) groups is 1. The summed E-state index contributed by atoms with van der Waals surface area (Å²) in [5.74, 6) is 2.53. The second-order valence-electron chi connectivity index (χ2n) is 5.77. The summed E-state index contributed by atoms with van der Waals surface area (Å²) in [5.41, 5.74) is 0. The molecule has 146 valence electrons. The maximum atomic E-state index is 11.9. The molecule has 2 rings (SSSR count). The molecule has 0 saturated carbocycles. The van der Waals surface area contributed by atoms with E-state index in [0.717, 1.165) is 11.5 Å². The van der Waals surface area contributed by atoms with Gasteiger partial charge in [-0.05, 0) is 31.2 Å². The summed E-state index contributed by atoms with van der Waals surface area (Å²) in [6, 6.07) is 11.0. The number of carbonyl (C=O) groups excluding carboxylic acids is 1. The minimum Gasteiger partial charge on any atom is -0.497 e. The van der Waals surface area contributed by atoms with Gasteiger partial charge in [-0.15, -0.1) is 0 Å². The van der Waals surface area contributed by atoms with Gasteiger partial charge in [0.15, 0.2) is 5.96 Å². The van der Waals surface area contributed by atoms with Crippen molar-refractivity contribution in [3.05, 3.63) is 48.4 Å². The molecule has 1 aromatic carbocycles. The molecule has 0 aliphatic heterocycles. The Morgan fingerprint density at radius 3 is 2.70 bits per heavy atom. The fourth-order valence-electron chi connectivity index (χ4n) is 2.23. The van der Waals surface area contributed by atoms with Crippen molar-refractivity contribution in [1.29, 1.82) is 0 Å². The first-order valence-electron chi connectivity index (χ1n) is 8.65. The number of benzene rings is 1. The van der Waals surface area contributed by atoms with Crippen LogP contribution in [0.4, 0.5) is 0 Å². The Hall–Kier alpha value is -3.16. The number of methoxy groups -OCH3 is 1. The van der Waals surface area contributed by atoms with Crippen molar-refractivity contribution in [1.82, 2.24) is 16.0 Å². The number of ether oxygens (including phenoxy) is 2. The molecule has 3 N–H and O–H groups in total. The smallest absolute Gasteiger partial charge is 0.239 e. The van der Waals surface area contributed by atoms with Gasteiger partial charge in [0.1, 0.15) is 23.4 Å². The third-order valence-corrected chi connectivity index (χ3v) is 3.62. The van der Waals surface area contributed by atoms with Crippen LogP contribution in [0.1, 0.15) is 12.7 Å². The summed E-state index contributed by atoms with van der Waals surface area (Å²) in [4.78, 5) is 16.0. The van der Waals surface area contributed by atoms with E-state index >= 15 is 0 Å². The molecule has 8 nitrogen and oxygen atoms in total. The lowest BCUT2D eigenvalue weighted by molar-refractivity contribution is -0.120. The van der Waals surface area contributed by atoms with Crippen LogP contribution in [-0.4, -0.2) is 45.2 Å². The summed E-state index contributed by atoms with van der Waals surface area (Å²) in [7, 11) is 3.26. The number of nitrogens with one attached hydrogen (secondary N) is 3. The van der Waals surface area contributed by atoms with Gasteiger partial charge in [0.25, 0.3) is 0 Å². The summed E-state index contributed by atoms with van der Waals surface area (Å²) in [5, 5.41) is 8.84. The van der Waals surface area contributed by atoms with Crippen molar-refractivity contribution < 1.29 is 18.7 Å². The highest BCUT2D eigenvalue weighted by atomic mass is 16.5. The molecule has 1 heterocycles. The average molecular weight is 374 g/mol. The molecule has 0 bridgehead atoms. The van der Waals surface area contributed by atoms with E-state index in [0.29, 0.717) is 24.8 Å². The van der Waals surface area contributed by atoms with Gasteiger partial charge in [-0.1, -0.05) is 6.07 Å². The quantitative estimate of drug-likeness (QED) is 0.455. The predicted octanol–water partition coefficient (Wildman–Crippen LogP) is 1.54. The molecule has 0 radical (unpaired) electrons. The third-order valence-electron chi connectivity index (χ3n) is 3.62. The number of nitrogens with zero attached hydrogens (tertiary/aromatic N) is 1. The summed E-state index contributed by atoms with van der Waals surface area (Å²) < 4.78 is 16.2. The number of guanidine groups is 1. The highest BCUT2D eigenvalue weighted by molar-refractivity contribution is 5.86. The van der Waals surface area contributed by atoms with Gasteiger partial charge in [0.2, 0.25) is 5.91 Å². The van der Waals surface area contributed by atoms with E-state index in [1.807, 2.05) is 31.2 Å². The third kappa shape index (κ3) is 7.31. The average Bonchev–Trinajstić information content (AvgIpc) is 3.20. The van der Waals surface area contributed by atoms with Crippen LogP contribution in [0.15, 0.2) is 52.1 Å². The van der Waals surface area contributed by atoms with Crippen molar-refractivity contribution in [3.63, 3.8) is 0 Å². The largest absolute Gasteiger partial charge is 0.497 e. The topological polar surface area (TPSA) is 97.1 Å². The Labute approximate surface area is 159 Å². The summed E-state index contributed by atoms with van der Waals surface area (Å²) in [6.07, 6.45) is 1.46. The minimum atomic E-state index is -0.157. The first-order chi connectivity index (χ1) is 13.1. The fourth-order valence-corrected chi connectivity index (χ4v) is 2.23. The van der Waals surface area contributed by atoms with E-state index in [2.05, 4.69) is 20.9 Å². The molecule has 0 fully saturated rings. The minimum absolute atomic E-state index is 0.103. The van der Waals surface area contributed by atoms with E-state index in [4.69, 9.17) is 13.9 Å². The normalized spacial score (nSPS) is 12.2. The fraction of sp³-hybridized carbons (Fsp3) is 0.368. The number of rotatable bonds is 9. The Bertz CT molecular complexity index is 731. The van der Waals surface area contributed by atoms with Crippen LogP contribution in [0, 0.1) is 0 Å². The lowest BCUT2D eigenvalue weighted by Gasteiger charge is -2.18. The van der Waals surface area contributed by atoms with Crippen LogP contribution >= 0.6 is 0 Å². The highest BCUT2D eigenvalue weighted by Gasteiger charge is 2.08. The van der Waals surface area contributed by atoms with Gasteiger partial charge in [-0.2, -0.15) is 0 Å². The number of carbonyl (C=O) groups is 1. The lowest BCUT2D eigenvalue weighted by Crippen LogP contribution is -2.45. The van der Waals surface area contributed by atoms with Crippen molar-refractivity contribution in [2.75, 3.05) is 27.2 Å². The molecule has 1 unspecified atom stereocenters. The summed E-state index contributed by atoms with van der Waals surface area (Å²) >= 11 is 0. The molecule has 0 aliphatic carbocycles. The molecule has 1 atom stereocenters. The number of furan rings is 1. The van der Waals surface area contributed by atoms with Crippen molar-refractivity contribution in [2.24, 2.45) is 4.99 Å². The molecule has 0 aliphatic rings. The first-order valence-corrected chi connectivity index (χ1v) is 8.65. The van der Waals surface area contributed by atoms with Crippen LogP contribution in [0.5, 0.6) is 11.5 Å². The second kappa shape index (κ2) is 10.7. The molecule has 1 aromatic heterocycles. The molecule has 0 saturated heterocycles. The molecule has 0 spiro atoms. The van der Waals surface area contributed by atoms with Gasteiger partial charge in [0.05, 0.1) is 33.0 Å². The molecule has 2 aromatic rings. The molecular formula is C19H26N4O4. The molecular weight excluding hydrogens is 348 g/mol. The zero-order chi connectivity index (χ0) is 19.5. The van der Waals surface area contributed by atoms with E-state index in [-0.39, 0.29) is 18.6 Å².